The quantitative estimate of drug-likeness (QED) is 0.423. The van der Waals surface area contributed by atoms with Gasteiger partial charge in [-0.1, -0.05) is 48.5 Å². The van der Waals surface area contributed by atoms with Gasteiger partial charge in [0.1, 0.15) is 0 Å². The van der Waals surface area contributed by atoms with E-state index in [-0.39, 0.29) is 18.0 Å². The van der Waals surface area contributed by atoms with E-state index in [1.807, 2.05) is 30.3 Å². The van der Waals surface area contributed by atoms with Gasteiger partial charge in [0.25, 0.3) is 5.69 Å². The molecule has 0 spiro atoms. The van der Waals surface area contributed by atoms with Crippen LogP contribution in [0.4, 0.5) is 5.69 Å². The smallest absolute Gasteiger partial charge is 0.258 e. The maximum absolute atomic E-state index is 10.8. The van der Waals surface area contributed by atoms with E-state index in [4.69, 9.17) is 0 Å². The summed E-state index contributed by atoms with van der Waals surface area (Å²) in [4.78, 5) is 10.3. The lowest BCUT2D eigenvalue weighted by Crippen LogP contribution is -2.28. The molecule has 0 N–H and O–H groups in total. The lowest BCUT2D eigenvalue weighted by molar-refractivity contribution is -0.384. The molecule has 25 heavy (non-hydrogen) atoms. The molecule has 0 fully saturated rings. The van der Waals surface area contributed by atoms with Gasteiger partial charge in [-0.05, 0) is 17.5 Å². The van der Waals surface area contributed by atoms with Crippen LogP contribution in [0.3, 0.4) is 0 Å². The SMILES string of the molecule is C=CCC(c1ccccc1)C(C#N)(C#N)Cc1ccc([N+](=O)[O-])cc1. The summed E-state index contributed by atoms with van der Waals surface area (Å²) in [6, 6.07) is 19.8. The zero-order chi connectivity index (χ0) is 18.3. The van der Waals surface area contributed by atoms with Crippen molar-refractivity contribution in [2.75, 3.05) is 0 Å². The molecule has 124 valence electrons. The molecular weight excluding hydrogens is 314 g/mol. The fraction of sp³-hybridized carbons (Fsp3) is 0.200. The third kappa shape index (κ3) is 3.91. The summed E-state index contributed by atoms with van der Waals surface area (Å²) in [5.74, 6) is -0.337. The first kappa shape index (κ1) is 17.9. The predicted molar refractivity (Wildman–Crippen MR) is 94.5 cm³/mol. The zero-order valence-electron chi connectivity index (χ0n) is 13.6. The number of nitrogens with zero attached hydrogens (tertiary/aromatic N) is 3. The molecule has 0 aromatic heterocycles. The van der Waals surface area contributed by atoms with Crippen LogP contribution in [0.15, 0.2) is 67.3 Å². The zero-order valence-corrected chi connectivity index (χ0v) is 13.6. The molecule has 0 aliphatic heterocycles. The second-order valence-electron chi connectivity index (χ2n) is 5.78. The van der Waals surface area contributed by atoms with E-state index in [1.165, 1.54) is 12.1 Å². The molecule has 0 heterocycles. The molecular formula is C20H17N3O2. The van der Waals surface area contributed by atoms with Crippen LogP contribution in [0.2, 0.25) is 0 Å². The Balaban J connectivity index is 2.42. The molecule has 0 radical (unpaired) electrons. The Morgan fingerprint density at radius 3 is 2.20 bits per heavy atom. The molecule has 0 saturated heterocycles. The van der Waals surface area contributed by atoms with Crippen molar-refractivity contribution in [3.8, 4) is 12.1 Å². The van der Waals surface area contributed by atoms with Crippen LogP contribution in [0.25, 0.3) is 0 Å². The normalized spacial score (nSPS) is 11.8. The first-order valence-electron chi connectivity index (χ1n) is 7.78. The van der Waals surface area contributed by atoms with Crippen molar-refractivity contribution in [3.63, 3.8) is 0 Å². The number of nitro benzene ring substituents is 1. The van der Waals surface area contributed by atoms with Gasteiger partial charge in [0.2, 0.25) is 0 Å². The summed E-state index contributed by atoms with van der Waals surface area (Å²) >= 11 is 0. The van der Waals surface area contributed by atoms with E-state index >= 15 is 0 Å². The van der Waals surface area contributed by atoms with Gasteiger partial charge >= 0.3 is 0 Å². The van der Waals surface area contributed by atoms with E-state index in [2.05, 4.69) is 18.7 Å². The summed E-state index contributed by atoms with van der Waals surface area (Å²) in [6.45, 7) is 3.75. The molecule has 0 saturated carbocycles. The summed E-state index contributed by atoms with van der Waals surface area (Å²) in [7, 11) is 0. The molecule has 2 rings (SSSR count). The molecule has 2 aromatic rings. The number of nitriles is 2. The van der Waals surface area contributed by atoms with E-state index in [9.17, 15) is 20.6 Å². The van der Waals surface area contributed by atoms with Crippen molar-refractivity contribution >= 4 is 5.69 Å². The highest BCUT2D eigenvalue weighted by Crippen LogP contribution is 2.41. The van der Waals surface area contributed by atoms with Crippen LogP contribution < -0.4 is 0 Å². The summed E-state index contributed by atoms with van der Waals surface area (Å²) in [6.07, 6.45) is 2.38. The average molecular weight is 331 g/mol. The highest BCUT2D eigenvalue weighted by molar-refractivity contribution is 5.38. The van der Waals surface area contributed by atoms with Gasteiger partial charge in [-0.15, -0.1) is 6.58 Å². The van der Waals surface area contributed by atoms with Gasteiger partial charge in [0, 0.05) is 24.5 Å². The fourth-order valence-electron chi connectivity index (χ4n) is 2.91. The Hall–Kier alpha value is -3.44. The Kier molecular flexibility index (Phi) is 5.66. The minimum Gasteiger partial charge on any atom is -0.258 e. The second kappa shape index (κ2) is 7.90. The van der Waals surface area contributed by atoms with Crippen molar-refractivity contribution in [2.45, 2.75) is 18.8 Å². The van der Waals surface area contributed by atoms with Crippen LogP contribution in [-0.2, 0) is 6.42 Å². The molecule has 0 amide bonds. The van der Waals surface area contributed by atoms with Crippen molar-refractivity contribution < 1.29 is 4.92 Å². The van der Waals surface area contributed by atoms with Gasteiger partial charge in [-0.25, -0.2) is 0 Å². The maximum atomic E-state index is 10.8. The molecule has 0 bridgehead atoms. The lowest BCUT2D eigenvalue weighted by atomic mass is 9.69. The number of hydrogen-bond acceptors (Lipinski definition) is 4. The molecule has 1 unspecified atom stereocenters. The van der Waals surface area contributed by atoms with E-state index in [1.54, 1.807) is 18.2 Å². The first-order chi connectivity index (χ1) is 12.1. The number of nitro groups is 1. The monoisotopic (exact) mass is 331 g/mol. The number of allylic oxidation sites excluding steroid dienone is 1. The molecule has 0 aliphatic carbocycles. The van der Waals surface area contributed by atoms with Crippen molar-refractivity contribution in [1.82, 2.24) is 0 Å². The van der Waals surface area contributed by atoms with E-state index in [0.29, 0.717) is 12.0 Å². The first-order valence-corrected chi connectivity index (χ1v) is 7.78. The van der Waals surface area contributed by atoms with E-state index < -0.39 is 10.3 Å². The highest BCUT2D eigenvalue weighted by atomic mass is 16.6. The third-order valence-electron chi connectivity index (χ3n) is 4.23. The average Bonchev–Trinajstić information content (AvgIpc) is 2.65. The van der Waals surface area contributed by atoms with Crippen LogP contribution >= 0.6 is 0 Å². The Labute approximate surface area is 146 Å². The highest BCUT2D eigenvalue weighted by Gasteiger charge is 2.40. The van der Waals surface area contributed by atoms with Gasteiger partial charge < -0.3 is 0 Å². The Morgan fingerprint density at radius 1 is 1.12 bits per heavy atom. The number of benzene rings is 2. The second-order valence-corrected chi connectivity index (χ2v) is 5.78. The number of non-ortho nitro benzene ring substituents is 1. The number of rotatable bonds is 7. The van der Waals surface area contributed by atoms with Gasteiger partial charge in [0.05, 0.1) is 17.1 Å². The van der Waals surface area contributed by atoms with Gasteiger partial charge in [0.15, 0.2) is 5.41 Å². The molecule has 0 aliphatic rings. The van der Waals surface area contributed by atoms with Gasteiger partial charge in [-0.2, -0.15) is 10.5 Å². The largest absolute Gasteiger partial charge is 0.269 e. The summed E-state index contributed by atoms with van der Waals surface area (Å²) in [5.41, 5.74) is 0.297. The molecule has 5 heteroatoms. The fourth-order valence-corrected chi connectivity index (χ4v) is 2.91. The predicted octanol–water partition coefficient (Wildman–Crippen LogP) is 4.53. The van der Waals surface area contributed by atoms with E-state index in [0.717, 1.165) is 5.56 Å². The minimum atomic E-state index is -1.29. The minimum absolute atomic E-state index is 0.0195. The summed E-state index contributed by atoms with van der Waals surface area (Å²) < 4.78 is 0. The Morgan fingerprint density at radius 2 is 1.72 bits per heavy atom. The van der Waals surface area contributed by atoms with Crippen LogP contribution in [0.1, 0.15) is 23.5 Å². The standard InChI is InChI=1S/C20H17N3O2/c1-2-6-19(17-7-4-3-5-8-17)20(14-21,15-22)13-16-9-11-18(12-10-16)23(24)25/h2-5,7-12,19H,1,6,13H2. The topological polar surface area (TPSA) is 90.7 Å². The molecule has 1 atom stereocenters. The number of hydrogen-bond donors (Lipinski definition) is 0. The third-order valence-corrected chi connectivity index (χ3v) is 4.23. The van der Waals surface area contributed by atoms with Crippen molar-refractivity contribution in [2.24, 2.45) is 5.41 Å². The van der Waals surface area contributed by atoms with Crippen LogP contribution in [-0.4, -0.2) is 4.92 Å². The van der Waals surface area contributed by atoms with Crippen LogP contribution in [0.5, 0.6) is 0 Å². The lowest BCUT2D eigenvalue weighted by Gasteiger charge is -2.29. The molecule has 2 aromatic carbocycles. The van der Waals surface area contributed by atoms with Crippen molar-refractivity contribution in [3.05, 3.63) is 88.5 Å². The summed E-state index contributed by atoms with van der Waals surface area (Å²) in [5, 5.41) is 30.4. The van der Waals surface area contributed by atoms with Crippen molar-refractivity contribution in [1.29, 1.82) is 10.5 Å². The van der Waals surface area contributed by atoms with Crippen LogP contribution in [0, 0.1) is 38.2 Å². The van der Waals surface area contributed by atoms with Gasteiger partial charge in [-0.3, -0.25) is 10.1 Å². The Bertz CT molecular complexity index is 816. The maximum Gasteiger partial charge on any atom is 0.269 e. The molecule has 5 nitrogen and oxygen atoms in total.